The minimum absolute atomic E-state index is 0.345. The van der Waals surface area contributed by atoms with Gasteiger partial charge < -0.3 is 19.9 Å². The largest absolute Gasteiger partial charge is 0.491 e. The molecule has 0 radical (unpaired) electrons. The molecule has 0 amide bonds. The summed E-state index contributed by atoms with van der Waals surface area (Å²) in [5, 5.41) is 13.8. The van der Waals surface area contributed by atoms with E-state index in [1.165, 1.54) is 0 Å². The zero-order valence-electron chi connectivity index (χ0n) is 16.9. The Bertz CT molecular complexity index is 551. The standard InChI is InChI=1S/C21H35N3O3S/c25-20(17-24-10-14-28-15-11-24)18-27-21-5-2-1-4-19(21)16-22-6-3-7-23-8-12-26-13-9-23/h1-2,4-5,20,22,25H,3,6-18H2. The fourth-order valence-electron chi connectivity index (χ4n) is 3.59. The Kier molecular flexibility index (Phi) is 9.90. The lowest BCUT2D eigenvalue weighted by Gasteiger charge is -2.28. The van der Waals surface area contributed by atoms with E-state index in [1.807, 2.05) is 30.0 Å². The molecule has 1 aromatic carbocycles. The van der Waals surface area contributed by atoms with Crippen LogP contribution in [0.3, 0.4) is 0 Å². The molecule has 2 fully saturated rings. The molecule has 0 spiro atoms. The number of morpholine rings is 1. The summed E-state index contributed by atoms with van der Waals surface area (Å²) in [4.78, 5) is 4.79. The minimum atomic E-state index is -0.447. The molecular formula is C21H35N3O3S. The quantitative estimate of drug-likeness (QED) is 0.534. The molecule has 2 heterocycles. The van der Waals surface area contributed by atoms with Gasteiger partial charge in [0.25, 0.3) is 0 Å². The van der Waals surface area contributed by atoms with Crippen molar-refractivity contribution in [1.29, 1.82) is 0 Å². The van der Waals surface area contributed by atoms with Crippen molar-refractivity contribution in [2.45, 2.75) is 19.1 Å². The monoisotopic (exact) mass is 409 g/mol. The number of para-hydroxylation sites is 1. The van der Waals surface area contributed by atoms with Crippen LogP contribution >= 0.6 is 11.8 Å². The van der Waals surface area contributed by atoms with Crippen molar-refractivity contribution in [1.82, 2.24) is 15.1 Å². The van der Waals surface area contributed by atoms with E-state index in [0.29, 0.717) is 13.2 Å². The highest BCUT2D eigenvalue weighted by Crippen LogP contribution is 2.18. The molecule has 158 valence electrons. The summed E-state index contributed by atoms with van der Waals surface area (Å²) in [6.07, 6.45) is 0.688. The highest BCUT2D eigenvalue weighted by Gasteiger charge is 2.16. The first kappa shape index (κ1) is 21.9. The molecule has 2 saturated heterocycles. The second-order valence-electron chi connectivity index (χ2n) is 7.47. The van der Waals surface area contributed by atoms with Gasteiger partial charge in [0.15, 0.2) is 0 Å². The normalized spacial score (nSPS) is 20.2. The number of β-amino-alcohol motifs (C(OH)–C–C–N with tert-alkyl or cyclic N) is 1. The van der Waals surface area contributed by atoms with Gasteiger partial charge in [-0.05, 0) is 25.6 Å². The average molecular weight is 410 g/mol. The van der Waals surface area contributed by atoms with Crippen LogP contribution in [0, 0.1) is 0 Å². The third-order valence-electron chi connectivity index (χ3n) is 5.22. The van der Waals surface area contributed by atoms with Crippen molar-refractivity contribution in [2.24, 2.45) is 0 Å². The predicted octanol–water partition coefficient (Wildman–Crippen LogP) is 1.29. The zero-order chi connectivity index (χ0) is 19.4. The van der Waals surface area contributed by atoms with Crippen molar-refractivity contribution in [3.8, 4) is 5.75 Å². The van der Waals surface area contributed by atoms with Gasteiger partial charge in [-0.25, -0.2) is 0 Å². The third kappa shape index (κ3) is 7.89. The van der Waals surface area contributed by atoms with Crippen molar-refractivity contribution in [3.63, 3.8) is 0 Å². The van der Waals surface area contributed by atoms with Gasteiger partial charge in [0.2, 0.25) is 0 Å². The Morgan fingerprint density at radius 1 is 1.11 bits per heavy atom. The molecular weight excluding hydrogens is 374 g/mol. The maximum atomic E-state index is 10.3. The van der Waals surface area contributed by atoms with E-state index in [-0.39, 0.29) is 0 Å². The molecule has 0 aliphatic carbocycles. The number of nitrogens with one attached hydrogen (secondary N) is 1. The Morgan fingerprint density at radius 3 is 2.71 bits per heavy atom. The van der Waals surface area contributed by atoms with Crippen LogP contribution in [-0.4, -0.2) is 98.1 Å². The third-order valence-corrected chi connectivity index (χ3v) is 6.17. The summed E-state index contributed by atoms with van der Waals surface area (Å²) in [5.74, 6) is 3.19. The highest BCUT2D eigenvalue weighted by atomic mass is 32.2. The SMILES string of the molecule is OC(COc1ccccc1CNCCCN1CCOCC1)CN1CCSCC1. The van der Waals surface area contributed by atoms with Gasteiger partial charge in [0.1, 0.15) is 18.5 Å². The molecule has 3 rings (SSSR count). The van der Waals surface area contributed by atoms with Gasteiger partial charge >= 0.3 is 0 Å². The molecule has 2 aliphatic rings. The number of hydrogen-bond acceptors (Lipinski definition) is 7. The van der Waals surface area contributed by atoms with E-state index in [0.717, 1.165) is 88.3 Å². The molecule has 2 aliphatic heterocycles. The number of rotatable bonds is 11. The van der Waals surface area contributed by atoms with E-state index >= 15 is 0 Å². The van der Waals surface area contributed by atoms with Crippen LogP contribution in [0.5, 0.6) is 5.75 Å². The first-order chi connectivity index (χ1) is 13.8. The number of ether oxygens (including phenoxy) is 2. The lowest BCUT2D eigenvalue weighted by molar-refractivity contribution is 0.0374. The number of nitrogens with zero attached hydrogens (tertiary/aromatic N) is 2. The molecule has 1 atom stereocenters. The average Bonchev–Trinajstić information content (AvgIpc) is 2.74. The molecule has 6 nitrogen and oxygen atoms in total. The molecule has 7 heteroatoms. The van der Waals surface area contributed by atoms with Crippen molar-refractivity contribution < 1.29 is 14.6 Å². The number of benzene rings is 1. The molecule has 2 N–H and O–H groups in total. The van der Waals surface area contributed by atoms with E-state index in [9.17, 15) is 5.11 Å². The molecule has 28 heavy (non-hydrogen) atoms. The predicted molar refractivity (Wildman–Crippen MR) is 115 cm³/mol. The Balaban J connectivity index is 1.33. The Labute approximate surface area is 173 Å². The van der Waals surface area contributed by atoms with Crippen molar-refractivity contribution >= 4 is 11.8 Å². The van der Waals surface area contributed by atoms with Crippen LogP contribution in [0.1, 0.15) is 12.0 Å². The molecule has 0 bridgehead atoms. The van der Waals surface area contributed by atoms with E-state index < -0.39 is 6.10 Å². The summed E-state index contributed by atoms with van der Waals surface area (Å²) in [5.41, 5.74) is 1.15. The number of thioether (sulfide) groups is 1. The van der Waals surface area contributed by atoms with E-state index in [1.54, 1.807) is 0 Å². The summed E-state index contributed by atoms with van der Waals surface area (Å²) in [6, 6.07) is 8.12. The Morgan fingerprint density at radius 2 is 1.89 bits per heavy atom. The highest BCUT2D eigenvalue weighted by molar-refractivity contribution is 7.99. The van der Waals surface area contributed by atoms with Crippen molar-refractivity contribution in [2.75, 3.05) is 77.1 Å². The number of aliphatic hydroxyl groups excluding tert-OH is 1. The first-order valence-corrected chi connectivity index (χ1v) is 11.7. The summed E-state index contributed by atoms with van der Waals surface area (Å²) < 4.78 is 11.3. The van der Waals surface area contributed by atoms with Crippen LogP contribution in [0.2, 0.25) is 0 Å². The zero-order valence-corrected chi connectivity index (χ0v) is 17.7. The van der Waals surface area contributed by atoms with Crippen LogP contribution in [0.4, 0.5) is 0 Å². The molecule has 1 aromatic rings. The number of aliphatic hydroxyl groups is 1. The van der Waals surface area contributed by atoms with Crippen LogP contribution in [-0.2, 0) is 11.3 Å². The maximum Gasteiger partial charge on any atom is 0.123 e. The minimum Gasteiger partial charge on any atom is -0.491 e. The second kappa shape index (κ2) is 12.7. The fraction of sp³-hybridized carbons (Fsp3) is 0.714. The number of hydrogen-bond donors (Lipinski definition) is 2. The lowest BCUT2D eigenvalue weighted by Crippen LogP contribution is -2.40. The Hall–Kier alpha value is -0.830. The first-order valence-electron chi connectivity index (χ1n) is 10.5. The van der Waals surface area contributed by atoms with Gasteiger partial charge in [-0.2, -0.15) is 11.8 Å². The lowest BCUT2D eigenvalue weighted by atomic mass is 10.2. The van der Waals surface area contributed by atoms with Gasteiger partial charge in [0, 0.05) is 56.3 Å². The molecule has 0 saturated carbocycles. The summed E-state index contributed by atoms with van der Waals surface area (Å²) >= 11 is 1.99. The van der Waals surface area contributed by atoms with E-state index in [4.69, 9.17) is 9.47 Å². The topological polar surface area (TPSA) is 57.2 Å². The summed E-state index contributed by atoms with van der Waals surface area (Å²) in [7, 11) is 0. The van der Waals surface area contributed by atoms with E-state index in [2.05, 4.69) is 21.2 Å². The van der Waals surface area contributed by atoms with Gasteiger partial charge in [-0.1, -0.05) is 18.2 Å². The van der Waals surface area contributed by atoms with Gasteiger partial charge in [0.05, 0.1) is 13.2 Å². The molecule has 1 unspecified atom stereocenters. The van der Waals surface area contributed by atoms with Crippen LogP contribution in [0.15, 0.2) is 24.3 Å². The van der Waals surface area contributed by atoms with Crippen molar-refractivity contribution in [3.05, 3.63) is 29.8 Å². The van der Waals surface area contributed by atoms with Crippen LogP contribution < -0.4 is 10.1 Å². The van der Waals surface area contributed by atoms with Crippen LogP contribution in [0.25, 0.3) is 0 Å². The fourth-order valence-corrected chi connectivity index (χ4v) is 4.57. The van der Waals surface area contributed by atoms with Gasteiger partial charge in [-0.15, -0.1) is 0 Å². The van der Waals surface area contributed by atoms with Gasteiger partial charge in [-0.3, -0.25) is 9.80 Å². The second-order valence-corrected chi connectivity index (χ2v) is 8.69. The maximum absolute atomic E-state index is 10.3. The molecule has 0 aromatic heterocycles. The summed E-state index contributed by atoms with van der Waals surface area (Å²) in [6.45, 7) is 9.89. The smallest absolute Gasteiger partial charge is 0.123 e.